The SMILES string of the molecule is CC1(C)CCOc2c(N)cc(CC=O)cc21. The van der Waals surface area contributed by atoms with Gasteiger partial charge in [0.25, 0.3) is 0 Å². The fourth-order valence-corrected chi connectivity index (χ4v) is 2.13. The fraction of sp³-hybridized carbons (Fsp3) is 0.462. The van der Waals surface area contributed by atoms with Crippen LogP contribution in [0.1, 0.15) is 31.4 Å². The summed E-state index contributed by atoms with van der Waals surface area (Å²) in [4.78, 5) is 10.5. The quantitative estimate of drug-likeness (QED) is 0.612. The monoisotopic (exact) mass is 219 g/mol. The van der Waals surface area contributed by atoms with E-state index in [9.17, 15) is 4.79 Å². The molecule has 1 aromatic rings. The smallest absolute Gasteiger partial charge is 0.145 e. The van der Waals surface area contributed by atoms with E-state index < -0.39 is 0 Å². The number of fused-ring (bicyclic) bond motifs is 1. The van der Waals surface area contributed by atoms with Crippen molar-refractivity contribution in [1.29, 1.82) is 0 Å². The van der Waals surface area contributed by atoms with Crippen molar-refractivity contribution in [2.75, 3.05) is 12.3 Å². The number of rotatable bonds is 2. The van der Waals surface area contributed by atoms with Gasteiger partial charge in [0.15, 0.2) is 0 Å². The Morgan fingerprint density at radius 1 is 1.50 bits per heavy atom. The normalized spacial score (nSPS) is 17.4. The fourth-order valence-electron chi connectivity index (χ4n) is 2.13. The zero-order chi connectivity index (χ0) is 11.8. The number of carbonyl (C=O) groups excluding carboxylic acids is 1. The van der Waals surface area contributed by atoms with E-state index in [1.807, 2.05) is 12.1 Å². The number of aldehydes is 1. The third-order valence-electron chi connectivity index (χ3n) is 3.20. The van der Waals surface area contributed by atoms with E-state index in [-0.39, 0.29) is 5.41 Å². The second-order valence-corrected chi connectivity index (χ2v) is 4.91. The second kappa shape index (κ2) is 3.81. The van der Waals surface area contributed by atoms with Crippen LogP contribution in [0, 0.1) is 0 Å². The third-order valence-corrected chi connectivity index (χ3v) is 3.20. The van der Waals surface area contributed by atoms with E-state index in [1.54, 1.807) is 0 Å². The molecule has 1 aromatic carbocycles. The van der Waals surface area contributed by atoms with Gasteiger partial charge in [-0.05, 0) is 23.5 Å². The Balaban J connectivity index is 2.54. The summed E-state index contributed by atoms with van der Waals surface area (Å²) in [6, 6.07) is 3.87. The van der Waals surface area contributed by atoms with Crippen LogP contribution < -0.4 is 10.5 Å². The highest BCUT2D eigenvalue weighted by Crippen LogP contribution is 2.42. The molecule has 1 heterocycles. The van der Waals surface area contributed by atoms with Gasteiger partial charge in [-0.25, -0.2) is 0 Å². The van der Waals surface area contributed by atoms with E-state index in [2.05, 4.69) is 13.8 Å². The Kier molecular flexibility index (Phi) is 2.62. The molecule has 0 bridgehead atoms. The van der Waals surface area contributed by atoms with Crippen molar-refractivity contribution in [3.05, 3.63) is 23.3 Å². The van der Waals surface area contributed by atoms with Gasteiger partial charge in [-0.2, -0.15) is 0 Å². The van der Waals surface area contributed by atoms with Crippen LogP contribution in [0.5, 0.6) is 5.75 Å². The Bertz CT molecular complexity index is 424. The van der Waals surface area contributed by atoms with Crippen LogP contribution >= 0.6 is 0 Å². The average molecular weight is 219 g/mol. The van der Waals surface area contributed by atoms with Crippen LogP contribution in [0.4, 0.5) is 5.69 Å². The summed E-state index contributed by atoms with van der Waals surface area (Å²) in [5.74, 6) is 0.797. The first-order valence-electron chi connectivity index (χ1n) is 5.54. The van der Waals surface area contributed by atoms with E-state index in [0.29, 0.717) is 18.7 Å². The van der Waals surface area contributed by atoms with E-state index in [1.165, 1.54) is 0 Å². The highest BCUT2D eigenvalue weighted by molar-refractivity contribution is 5.65. The van der Waals surface area contributed by atoms with Gasteiger partial charge < -0.3 is 15.3 Å². The van der Waals surface area contributed by atoms with Crippen molar-refractivity contribution in [2.24, 2.45) is 0 Å². The zero-order valence-corrected chi connectivity index (χ0v) is 9.75. The van der Waals surface area contributed by atoms with E-state index in [4.69, 9.17) is 10.5 Å². The molecule has 2 rings (SSSR count). The van der Waals surface area contributed by atoms with Crippen molar-refractivity contribution in [2.45, 2.75) is 32.1 Å². The van der Waals surface area contributed by atoms with Gasteiger partial charge in [-0.3, -0.25) is 0 Å². The number of ether oxygens (including phenoxy) is 1. The Morgan fingerprint density at radius 3 is 2.94 bits per heavy atom. The second-order valence-electron chi connectivity index (χ2n) is 4.91. The molecular weight excluding hydrogens is 202 g/mol. The molecule has 0 fully saturated rings. The summed E-state index contributed by atoms with van der Waals surface area (Å²) < 4.78 is 5.61. The number of benzene rings is 1. The zero-order valence-electron chi connectivity index (χ0n) is 9.75. The standard InChI is InChI=1S/C13H17NO2/c1-13(2)4-6-16-12-10(13)7-9(3-5-15)8-11(12)14/h5,7-8H,3-4,6,14H2,1-2H3. The van der Waals surface area contributed by atoms with E-state index >= 15 is 0 Å². The Hall–Kier alpha value is -1.51. The van der Waals surface area contributed by atoms with Crippen molar-refractivity contribution < 1.29 is 9.53 Å². The lowest BCUT2D eigenvalue weighted by molar-refractivity contribution is -0.107. The number of carbonyl (C=O) groups is 1. The van der Waals surface area contributed by atoms with Crippen LogP contribution in [0.15, 0.2) is 12.1 Å². The number of anilines is 1. The molecule has 86 valence electrons. The van der Waals surface area contributed by atoms with Crippen LogP contribution in [-0.4, -0.2) is 12.9 Å². The molecule has 0 amide bonds. The molecule has 3 nitrogen and oxygen atoms in total. The van der Waals surface area contributed by atoms with Crippen molar-refractivity contribution in [3.63, 3.8) is 0 Å². The minimum absolute atomic E-state index is 0.0700. The van der Waals surface area contributed by atoms with Crippen LogP contribution in [-0.2, 0) is 16.6 Å². The summed E-state index contributed by atoms with van der Waals surface area (Å²) in [6.45, 7) is 5.06. The maximum absolute atomic E-state index is 10.5. The van der Waals surface area contributed by atoms with Crippen molar-refractivity contribution in [1.82, 2.24) is 0 Å². The van der Waals surface area contributed by atoms with Gasteiger partial charge in [0.2, 0.25) is 0 Å². The maximum atomic E-state index is 10.5. The lowest BCUT2D eigenvalue weighted by Crippen LogP contribution is -2.27. The lowest BCUT2D eigenvalue weighted by Gasteiger charge is -2.33. The van der Waals surface area contributed by atoms with Gasteiger partial charge in [0, 0.05) is 12.0 Å². The molecule has 0 radical (unpaired) electrons. The first kappa shape index (κ1) is 11.0. The number of nitrogens with two attached hydrogens (primary N) is 1. The minimum Gasteiger partial charge on any atom is -0.491 e. The summed E-state index contributed by atoms with van der Waals surface area (Å²) in [5.41, 5.74) is 8.75. The van der Waals surface area contributed by atoms with Gasteiger partial charge in [0.1, 0.15) is 12.0 Å². The molecule has 16 heavy (non-hydrogen) atoms. The highest BCUT2D eigenvalue weighted by Gasteiger charge is 2.30. The van der Waals surface area contributed by atoms with Crippen LogP contribution in [0.2, 0.25) is 0 Å². The van der Waals surface area contributed by atoms with Crippen molar-refractivity contribution in [3.8, 4) is 5.75 Å². The number of hydrogen-bond donors (Lipinski definition) is 1. The van der Waals surface area contributed by atoms with Crippen LogP contribution in [0.25, 0.3) is 0 Å². The third kappa shape index (κ3) is 1.77. The van der Waals surface area contributed by atoms with Crippen LogP contribution in [0.3, 0.4) is 0 Å². The molecule has 0 atom stereocenters. The van der Waals surface area contributed by atoms with Crippen molar-refractivity contribution >= 4 is 12.0 Å². The molecule has 0 aromatic heterocycles. The molecule has 0 saturated heterocycles. The molecule has 0 saturated carbocycles. The molecular formula is C13H17NO2. The molecule has 0 aliphatic carbocycles. The highest BCUT2D eigenvalue weighted by atomic mass is 16.5. The first-order chi connectivity index (χ1) is 7.54. The lowest BCUT2D eigenvalue weighted by atomic mass is 9.78. The maximum Gasteiger partial charge on any atom is 0.145 e. The number of hydrogen-bond acceptors (Lipinski definition) is 3. The molecule has 1 aliphatic heterocycles. The minimum atomic E-state index is 0.0700. The number of nitrogen functional groups attached to an aromatic ring is 1. The Labute approximate surface area is 95.6 Å². The summed E-state index contributed by atoms with van der Waals surface area (Å²) in [6.07, 6.45) is 2.29. The van der Waals surface area contributed by atoms with Gasteiger partial charge in [-0.15, -0.1) is 0 Å². The van der Waals surface area contributed by atoms with Gasteiger partial charge >= 0.3 is 0 Å². The Morgan fingerprint density at radius 2 is 2.25 bits per heavy atom. The summed E-state index contributed by atoms with van der Waals surface area (Å²) >= 11 is 0. The first-order valence-corrected chi connectivity index (χ1v) is 5.54. The topological polar surface area (TPSA) is 52.3 Å². The molecule has 3 heteroatoms. The average Bonchev–Trinajstić information content (AvgIpc) is 2.20. The predicted octanol–water partition coefficient (Wildman–Crippen LogP) is 2.07. The van der Waals surface area contributed by atoms with Gasteiger partial charge in [0.05, 0.1) is 12.3 Å². The predicted molar refractivity (Wildman–Crippen MR) is 63.8 cm³/mol. The summed E-state index contributed by atoms with van der Waals surface area (Å²) in [5, 5.41) is 0. The molecule has 2 N–H and O–H groups in total. The molecule has 0 unspecified atom stereocenters. The van der Waals surface area contributed by atoms with Gasteiger partial charge in [-0.1, -0.05) is 19.9 Å². The van der Waals surface area contributed by atoms with E-state index in [0.717, 1.165) is 29.6 Å². The molecule has 0 spiro atoms. The molecule has 1 aliphatic rings. The summed E-state index contributed by atoms with van der Waals surface area (Å²) in [7, 11) is 0. The largest absolute Gasteiger partial charge is 0.491 e.